The lowest BCUT2D eigenvalue weighted by Gasteiger charge is -2.25. The third kappa shape index (κ3) is 4.20. The molecule has 0 aliphatic heterocycles. The van der Waals surface area contributed by atoms with Crippen molar-refractivity contribution in [1.82, 2.24) is 14.8 Å². The number of rotatable bonds is 6. The number of nitrogens with zero attached hydrogens (tertiary/aromatic N) is 3. The molecular weight excluding hydrogens is 390 g/mol. The van der Waals surface area contributed by atoms with Crippen molar-refractivity contribution in [1.29, 1.82) is 0 Å². The summed E-state index contributed by atoms with van der Waals surface area (Å²) in [6, 6.07) is 8.50. The van der Waals surface area contributed by atoms with Crippen LogP contribution >= 0.6 is 27.7 Å². The normalized spacial score (nSPS) is 17.1. The second-order valence-electron chi connectivity index (χ2n) is 6.13. The zero-order valence-corrected chi connectivity index (χ0v) is 15.8. The number of aliphatic hydroxyl groups excluding tert-OH is 2. The van der Waals surface area contributed by atoms with Crippen LogP contribution in [0.3, 0.4) is 0 Å². The second-order valence-corrected chi connectivity index (χ2v) is 8.03. The molecule has 1 aliphatic carbocycles. The first-order chi connectivity index (χ1) is 11.7. The van der Waals surface area contributed by atoms with Crippen molar-refractivity contribution in [3.05, 3.63) is 28.7 Å². The van der Waals surface area contributed by atoms with E-state index in [1.54, 1.807) is 0 Å². The molecular formula is C17H22BrN3O2S. The molecule has 2 N–H and O–H groups in total. The molecule has 0 spiro atoms. The van der Waals surface area contributed by atoms with Gasteiger partial charge in [0.15, 0.2) is 11.0 Å². The van der Waals surface area contributed by atoms with Gasteiger partial charge in [0.1, 0.15) is 0 Å². The number of halogens is 1. The summed E-state index contributed by atoms with van der Waals surface area (Å²) in [4.78, 5) is 0. The van der Waals surface area contributed by atoms with E-state index in [9.17, 15) is 5.11 Å². The fourth-order valence-electron chi connectivity index (χ4n) is 3.09. The van der Waals surface area contributed by atoms with Gasteiger partial charge in [0, 0.05) is 21.8 Å². The topological polar surface area (TPSA) is 71.2 Å². The van der Waals surface area contributed by atoms with Crippen molar-refractivity contribution in [2.45, 2.75) is 49.4 Å². The lowest BCUT2D eigenvalue weighted by atomic mass is 9.95. The molecule has 1 aromatic heterocycles. The van der Waals surface area contributed by atoms with Gasteiger partial charge in [0.25, 0.3) is 0 Å². The van der Waals surface area contributed by atoms with Gasteiger partial charge in [-0.15, -0.1) is 10.2 Å². The molecule has 1 heterocycles. The molecule has 1 saturated carbocycles. The highest BCUT2D eigenvalue weighted by molar-refractivity contribution is 9.10. The largest absolute Gasteiger partial charge is 0.394 e. The maximum Gasteiger partial charge on any atom is 0.191 e. The molecule has 130 valence electrons. The number of aliphatic hydroxyl groups is 2. The average molecular weight is 412 g/mol. The SMILES string of the molecule is OCC(O)CSc1nnc(-c2cccc(Br)c2)n1C1CCCCC1. The molecule has 1 unspecified atom stereocenters. The molecule has 1 fully saturated rings. The Kier molecular flexibility index (Phi) is 6.32. The van der Waals surface area contributed by atoms with Crippen LogP contribution in [-0.2, 0) is 0 Å². The van der Waals surface area contributed by atoms with Crippen molar-refractivity contribution in [3.63, 3.8) is 0 Å². The van der Waals surface area contributed by atoms with Gasteiger partial charge in [-0.2, -0.15) is 0 Å². The maximum absolute atomic E-state index is 9.65. The van der Waals surface area contributed by atoms with E-state index in [-0.39, 0.29) is 6.61 Å². The Bertz CT molecular complexity index is 674. The highest BCUT2D eigenvalue weighted by Gasteiger charge is 2.24. The van der Waals surface area contributed by atoms with Crippen LogP contribution in [0.15, 0.2) is 33.9 Å². The van der Waals surface area contributed by atoms with Crippen molar-refractivity contribution < 1.29 is 10.2 Å². The van der Waals surface area contributed by atoms with Crippen molar-refractivity contribution in [2.24, 2.45) is 0 Å². The lowest BCUT2D eigenvalue weighted by Crippen LogP contribution is -2.18. The van der Waals surface area contributed by atoms with E-state index < -0.39 is 6.10 Å². The zero-order chi connectivity index (χ0) is 16.9. The van der Waals surface area contributed by atoms with Crippen LogP contribution in [0.4, 0.5) is 0 Å². The van der Waals surface area contributed by atoms with Crippen molar-refractivity contribution in [3.8, 4) is 11.4 Å². The Morgan fingerprint density at radius 1 is 1.25 bits per heavy atom. The third-order valence-electron chi connectivity index (χ3n) is 4.30. The van der Waals surface area contributed by atoms with Crippen LogP contribution in [-0.4, -0.2) is 43.4 Å². The highest BCUT2D eigenvalue weighted by atomic mass is 79.9. The van der Waals surface area contributed by atoms with E-state index in [0.717, 1.165) is 33.9 Å². The average Bonchev–Trinajstić information content (AvgIpc) is 3.04. The molecule has 1 atom stereocenters. The molecule has 3 rings (SSSR count). The summed E-state index contributed by atoms with van der Waals surface area (Å²) < 4.78 is 3.25. The number of hydrogen-bond donors (Lipinski definition) is 2. The Morgan fingerprint density at radius 3 is 2.75 bits per heavy atom. The monoisotopic (exact) mass is 411 g/mol. The van der Waals surface area contributed by atoms with Crippen LogP contribution in [0.25, 0.3) is 11.4 Å². The summed E-state index contributed by atoms with van der Waals surface area (Å²) in [6.45, 7) is -0.233. The first-order valence-electron chi connectivity index (χ1n) is 8.31. The Balaban J connectivity index is 1.94. The summed E-state index contributed by atoms with van der Waals surface area (Å²) in [5.41, 5.74) is 1.04. The van der Waals surface area contributed by atoms with Crippen LogP contribution in [0.1, 0.15) is 38.1 Å². The van der Waals surface area contributed by atoms with E-state index in [4.69, 9.17) is 5.11 Å². The molecule has 5 nitrogen and oxygen atoms in total. The molecule has 0 radical (unpaired) electrons. The molecule has 7 heteroatoms. The first kappa shape index (κ1) is 17.9. The van der Waals surface area contributed by atoms with Crippen LogP contribution < -0.4 is 0 Å². The quantitative estimate of drug-likeness (QED) is 0.709. The van der Waals surface area contributed by atoms with E-state index in [1.807, 2.05) is 18.2 Å². The standard InChI is InChI=1S/C17H22BrN3O2S/c18-13-6-4-5-12(9-13)16-19-20-17(24-11-15(23)10-22)21(16)14-7-2-1-3-8-14/h4-6,9,14-15,22-23H,1-3,7-8,10-11H2. The minimum atomic E-state index is -0.735. The van der Waals surface area contributed by atoms with Gasteiger partial charge < -0.3 is 10.2 Å². The fraction of sp³-hybridized carbons (Fsp3) is 0.529. The number of benzene rings is 1. The van der Waals surface area contributed by atoms with E-state index in [0.29, 0.717) is 11.8 Å². The Hall–Kier alpha value is -0.890. The summed E-state index contributed by atoms with van der Waals surface area (Å²) >= 11 is 4.98. The second kappa shape index (κ2) is 8.47. The van der Waals surface area contributed by atoms with Crippen molar-refractivity contribution >= 4 is 27.7 Å². The predicted molar refractivity (Wildman–Crippen MR) is 99.1 cm³/mol. The van der Waals surface area contributed by atoms with Crippen LogP contribution in [0.5, 0.6) is 0 Å². The smallest absolute Gasteiger partial charge is 0.191 e. The maximum atomic E-state index is 9.65. The van der Waals surface area contributed by atoms with Crippen molar-refractivity contribution in [2.75, 3.05) is 12.4 Å². The Morgan fingerprint density at radius 2 is 2.04 bits per heavy atom. The minimum absolute atomic E-state index is 0.233. The van der Waals surface area contributed by atoms with Crippen LogP contribution in [0.2, 0.25) is 0 Å². The lowest BCUT2D eigenvalue weighted by molar-refractivity contribution is 0.113. The van der Waals surface area contributed by atoms with Gasteiger partial charge in [0.05, 0.1) is 12.7 Å². The summed E-state index contributed by atoms with van der Waals surface area (Å²) in [7, 11) is 0. The third-order valence-corrected chi connectivity index (χ3v) is 5.88. The van der Waals surface area contributed by atoms with Gasteiger partial charge in [-0.25, -0.2) is 0 Å². The first-order valence-corrected chi connectivity index (χ1v) is 10.1. The molecule has 2 aromatic rings. The molecule has 0 bridgehead atoms. The van der Waals surface area contributed by atoms with Gasteiger partial charge in [-0.1, -0.05) is 59.1 Å². The summed E-state index contributed by atoms with van der Waals surface area (Å²) in [6.07, 6.45) is 5.27. The van der Waals surface area contributed by atoms with E-state index >= 15 is 0 Å². The molecule has 1 aliphatic rings. The van der Waals surface area contributed by atoms with Gasteiger partial charge in [0.2, 0.25) is 0 Å². The number of thioether (sulfide) groups is 1. The number of aromatic nitrogens is 3. The molecule has 0 saturated heterocycles. The minimum Gasteiger partial charge on any atom is -0.394 e. The molecule has 1 aromatic carbocycles. The van der Waals surface area contributed by atoms with E-state index in [2.05, 4.69) is 36.8 Å². The van der Waals surface area contributed by atoms with Gasteiger partial charge >= 0.3 is 0 Å². The fourth-order valence-corrected chi connectivity index (χ4v) is 4.41. The molecule has 24 heavy (non-hydrogen) atoms. The zero-order valence-electron chi connectivity index (χ0n) is 13.4. The molecule has 0 amide bonds. The van der Waals surface area contributed by atoms with E-state index in [1.165, 1.54) is 31.0 Å². The number of hydrogen-bond acceptors (Lipinski definition) is 5. The predicted octanol–water partition coefficient (Wildman–Crippen LogP) is 3.66. The highest BCUT2D eigenvalue weighted by Crippen LogP contribution is 2.36. The van der Waals surface area contributed by atoms with Crippen LogP contribution in [0, 0.1) is 0 Å². The summed E-state index contributed by atoms with van der Waals surface area (Å²) in [5, 5.41) is 28.3. The Labute approximate surface area is 154 Å². The summed E-state index contributed by atoms with van der Waals surface area (Å²) in [5.74, 6) is 1.30. The van der Waals surface area contributed by atoms with Gasteiger partial charge in [-0.05, 0) is 25.0 Å². The van der Waals surface area contributed by atoms with Gasteiger partial charge in [-0.3, -0.25) is 4.57 Å².